The van der Waals surface area contributed by atoms with Crippen LogP contribution in [0.15, 0.2) is 24.3 Å². The molecule has 70 valence electrons. The van der Waals surface area contributed by atoms with Gasteiger partial charge in [-0.05, 0) is 37.5 Å². The fourth-order valence-corrected chi connectivity index (χ4v) is 1.81. The summed E-state index contributed by atoms with van der Waals surface area (Å²) in [4.78, 5) is 0. The molecule has 13 heavy (non-hydrogen) atoms. The zero-order chi connectivity index (χ0) is 9.31. The molecule has 0 amide bonds. The standard InChI is InChI=1S/C11H13FO/c1-11(7-2-8-13-11)9-3-5-10(12)6-4-9/h3-6H,2,7-8H2,1H3/t11-/m0/s1. The maximum absolute atomic E-state index is 12.7. The Morgan fingerprint density at radius 3 is 2.54 bits per heavy atom. The lowest BCUT2D eigenvalue weighted by Gasteiger charge is -2.23. The van der Waals surface area contributed by atoms with E-state index in [1.807, 2.05) is 0 Å². The Bertz CT molecular complexity index is 285. The van der Waals surface area contributed by atoms with Crippen molar-refractivity contribution in [2.24, 2.45) is 0 Å². The largest absolute Gasteiger partial charge is 0.371 e. The van der Waals surface area contributed by atoms with E-state index in [9.17, 15) is 4.39 Å². The van der Waals surface area contributed by atoms with Crippen LogP contribution in [0.5, 0.6) is 0 Å². The molecule has 1 aliphatic rings. The molecule has 2 heteroatoms. The molecule has 0 radical (unpaired) electrons. The van der Waals surface area contributed by atoms with E-state index in [2.05, 4.69) is 6.92 Å². The molecule has 0 saturated carbocycles. The van der Waals surface area contributed by atoms with Gasteiger partial charge in [-0.25, -0.2) is 4.39 Å². The van der Waals surface area contributed by atoms with E-state index >= 15 is 0 Å². The first kappa shape index (κ1) is 8.70. The predicted octanol–water partition coefficient (Wildman–Crippen LogP) is 2.85. The van der Waals surface area contributed by atoms with Crippen molar-refractivity contribution in [2.45, 2.75) is 25.4 Å². The normalized spacial score (nSPS) is 27.8. The number of benzene rings is 1. The van der Waals surface area contributed by atoms with Gasteiger partial charge in [-0.2, -0.15) is 0 Å². The Balaban J connectivity index is 2.29. The third-order valence-corrected chi connectivity index (χ3v) is 2.67. The van der Waals surface area contributed by atoms with Crippen LogP contribution in [-0.4, -0.2) is 6.61 Å². The van der Waals surface area contributed by atoms with E-state index in [4.69, 9.17) is 4.74 Å². The quantitative estimate of drug-likeness (QED) is 0.645. The number of ether oxygens (including phenoxy) is 1. The Morgan fingerprint density at radius 2 is 2.00 bits per heavy atom. The van der Waals surface area contributed by atoms with E-state index in [0.717, 1.165) is 25.0 Å². The average Bonchev–Trinajstić information content (AvgIpc) is 2.54. The minimum atomic E-state index is -0.189. The Kier molecular flexibility index (Phi) is 2.08. The van der Waals surface area contributed by atoms with Crippen molar-refractivity contribution in [3.8, 4) is 0 Å². The number of halogens is 1. The first-order valence-electron chi connectivity index (χ1n) is 4.61. The molecule has 0 unspecified atom stereocenters. The van der Waals surface area contributed by atoms with Gasteiger partial charge >= 0.3 is 0 Å². The first-order chi connectivity index (χ1) is 6.21. The van der Waals surface area contributed by atoms with E-state index in [0.29, 0.717) is 0 Å². The molecular weight excluding hydrogens is 167 g/mol. The van der Waals surface area contributed by atoms with Gasteiger partial charge in [-0.1, -0.05) is 12.1 Å². The van der Waals surface area contributed by atoms with Crippen LogP contribution in [0, 0.1) is 5.82 Å². The monoisotopic (exact) mass is 180 g/mol. The third kappa shape index (κ3) is 1.59. The lowest BCUT2D eigenvalue weighted by molar-refractivity contribution is 0.0168. The second-order valence-electron chi connectivity index (χ2n) is 3.69. The summed E-state index contributed by atoms with van der Waals surface area (Å²) in [6.07, 6.45) is 2.12. The summed E-state index contributed by atoms with van der Waals surface area (Å²) < 4.78 is 18.3. The highest BCUT2D eigenvalue weighted by molar-refractivity contribution is 5.23. The van der Waals surface area contributed by atoms with Crippen LogP contribution in [0.25, 0.3) is 0 Å². The number of hydrogen-bond acceptors (Lipinski definition) is 1. The first-order valence-corrected chi connectivity index (χ1v) is 4.61. The van der Waals surface area contributed by atoms with Gasteiger partial charge in [0.2, 0.25) is 0 Å². The fraction of sp³-hybridized carbons (Fsp3) is 0.455. The summed E-state index contributed by atoms with van der Waals surface area (Å²) in [5.41, 5.74) is 0.889. The minimum absolute atomic E-state index is 0.187. The zero-order valence-corrected chi connectivity index (χ0v) is 7.72. The van der Waals surface area contributed by atoms with Crippen molar-refractivity contribution < 1.29 is 9.13 Å². The van der Waals surface area contributed by atoms with Gasteiger partial charge in [-0.15, -0.1) is 0 Å². The van der Waals surface area contributed by atoms with Gasteiger partial charge in [-0.3, -0.25) is 0 Å². The SMILES string of the molecule is C[C@@]1(c2ccc(F)cc2)CCCO1. The molecular formula is C11H13FO. The summed E-state index contributed by atoms with van der Waals surface area (Å²) in [6.45, 7) is 2.88. The lowest BCUT2D eigenvalue weighted by atomic mass is 9.93. The van der Waals surface area contributed by atoms with E-state index in [-0.39, 0.29) is 11.4 Å². The van der Waals surface area contributed by atoms with Gasteiger partial charge < -0.3 is 4.74 Å². The second kappa shape index (κ2) is 3.11. The number of hydrogen-bond donors (Lipinski definition) is 0. The molecule has 0 N–H and O–H groups in total. The average molecular weight is 180 g/mol. The molecule has 0 aliphatic carbocycles. The fourth-order valence-electron chi connectivity index (χ4n) is 1.81. The second-order valence-corrected chi connectivity index (χ2v) is 3.69. The van der Waals surface area contributed by atoms with Crippen LogP contribution in [-0.2, 0) is 10.3 Å². The van der Waals surface area contributed by atoms with Crippen molar-refractivity contribution >= 4 is 0 Å². The highest BCUT2D eigenvalue weighted by Gasteiger charge is 2.31. The summed E-state index contributed by atoms with van der Waals surface area (Å²) >= 11 is 0. The van der Waals surface area contributed by atoms with Crippen LogP contribution < -0.4 is 0 Å². The highest BCUT2D eigenvalue weighted by atomic mass is 19.1. The minimum Gasteiger partial charge on any atom is -0.371 e. The predicted molar refractivity (Wildman–Crippen MR) is 48.9 cm³/mol. The molecule has 1 atom stereocenters. The van der Waals surface area contributed by atoms with Gasteiger partial charge in [0, 0.05) is 6.61 Å². The Labute approximate surface area is 77.5 Å². The lowest BCUT2D eigenvalue weighted by Crippen LogP contribution is -2.19. The summed E-state index contributed by atoms with van der Waals surface area (Å²) in [5.74, 6) is -0.189. The van der Waals surface area contributed by atoms with Gasteiger partial charge in [0.05, 0.1) is 5.60 Å². The van der Waals surface area contributed by atoms with Crippen molar-refractivity contribution in [3.05, 3.63) is 35.6 Å². The van der Waals surface area contributed by atoms with Gasteiger partial charge in [0.15, 0.2) is 0 Å². The van der Waals surface area contributed by atoms with E-state index in [1.54, 1.807) is 12.1 Å². The summed E-state index contributed by atoms with van der Waals surface area (Å²) in [5, 5.41) is 0. The van der Waals surface area contributed by atoms with Crippen molar-refractivity contribution in [1.29, 1.82) is 0 Å². The topological polar surface area (TPSA) is 9.23 Å². The molecule has 1 saturated heterocycles. The van der Waals surface area contributed by atoms with Crippen molar-refractivity contribution in [3.63, 3.8) is 0 Å². The smallest absolute Gasteiger partial charge is 0.123 e. The van der Waals surface area contributed by atoms with Crippen molar-refractivity contribution in [1.82, 2.24) is 0 Å². The van der Waals surface area contributed by atoms with Crippen LogP contribution in [0.4, 0.5) is 4.39 Å². The molecule has 0 bridgehead atoms. The summed E-state index contributed by atoms with van der Waals surface area (Å²) in [6, 6.07) is 6.59. The van der Waals surface area contributed by atoms with Crippen LogP contribution in [0.2, 0.25) is 0 Å². The number of rotatable bonds is 1. The van der Waals surface area contributed by atoms with E-state index in [1.165, 1.54) is 12.1 Å². The molecule has 0 spiro atoms. The van der Waals surface area contributed by atoms with Gasteiger partial charge in [0.1, 0.15) is 5.82 Å². The Morgan fingerprint density at radius 1 is 1.31 bits per heavy atom. The maximum atomic E-state index is 12.7. The molecule has 1 aliphatic heterocycles. The molecule has 1 aromatic carbocycles. The molecule has 1 nitrogen and oxygen atoms in total. The highest BCUT2D eigenvalue weighted by Crippen LogP contribution is 2.35. The zero-order valence-electron chi connectivity index (χ0n) is 7.72. The van der Waals surface area contributed by atoms with Gasteiger partial charge in [0.25, 0.3) is 0 Å². The van der Waals surface area contributed by atoms with E-state index < -0.39 is 0 Å². The van der Waals surface area contributed by atoms with Crippen LogP contribution >= 0.6 is 0 Å². The third-order valence-electron chi connectivity index (χ3n) is 2.67. The molecule has 0 aromatic heterocycles. The van der Waals surface area contributed by atoms with Crippen LogP contribution in [0.3, 0.4) is 0 Å². The van der Waals surface area contributed by atoms with Crippen LogP contribution in [0.1, 0.15) is 25.3 Å². The molecule has 2 rings (SSSR count). The molecule has 1 fully saturated rings. The molecule has 1 heterocycles. The summed E-state index contributed by atoms with van der Waals surface area (Å²) in [7, 11) is 0. The maximum Gasteiger partial charge on any atom is 0.123 e. The molecule has 1 aromatic rings. The van der Waals surface area contributed by atoms with Crippen molar-refractivity contribution in [2.75, 3.05) is 6.61 Å². The Hall–Kier alpha value is -0.890.